The highest BCUT2D eigenvalue weighted by atomic mass is 79.9. The van der Waals surface area contributed by atoms with Crippen molar-refractivity contribution in [3.8, 4) is 5.75 Å². The summed E-state index contributed by atoms with van der Waals surface area (Å²) >= 11 is 3.33. The van der Waals surface area contributed by atoms with Crippen LogP contribution in [0.15, 0.2) is 26.5 Å². The highest BCUT2D eigenvalue weighted by molar-refractivity contribution is 9.10. The third kappa shape index (κ3) is 2.48. The minimum absolute atomic E-state index is 0.0799. The van der Waals surface area contributed by atoms with Crippen LogP contribution in [-0.4, -0.2) is 25.5 Å². The summed E-state index contributed by atoms with van der Waals surface area (Å²) < 4.78 is 29.1. The SMILES string of the molecule is Cn1c(=O)c2nc(Br)n(Cc3cc(F)cc4c3OCOC4)c2n(C)c1=O. The summed E-state index contributed by atoms with van der Waals surface area (Å²) in [6.07, 6.45) is 0. The second kappa shape index (κ2) is 6.06. The number of halogens is 2. The van der Waals surface area contributed by atoms with Crippen LogP contribution in [-0.2, 0) is 32.0 Å². The minimum Gasteiger partial charge on any atom is -0.467 e. The second-order valence-electron chi connectivity index (χ2n) is 6.01. The Bertz CT molecular complexity index is 1160. The fourth-order valence-electron chi connectivity index (χ4n) is 3.15. The molecule has 4 rings (SSSR count). The maximum Gasteiger partial charge on any atom is 0.332 e. The molecule has 0 saturated carbocycles. The lowest BCUT2D eigenvalue weighted by atomic mass is 10.1. The number of hydrogen-bond donors (Lipinski definition) is 0. The molecule has 0 fully saturated rings. The first-order chi connectivity index (χ1) is 12.4. The van der Waals surface area contributed by atoms with Gasteiger partial charge in [-0.25, -0.2) is 14.2 Å². The van der Waals surface area contributed by atoms with E-state index in [2.05, 4.69) is 20.9 Å². The largest absolute Gasteiger partial charge is 0.467 e. The molecular weight excluding hydrogens is 411 g/mol. The van der Waals surface area contributed by atoms with Gasteiger partial charge in [-0.1, -0.05) is 0 Å². The molecule has 0 amide bonds. The summed E-state index contributed by atoms with van der Waals surface area (Å²) in [6, 6.07) is 2.73. The topological polar surface area (TPSA) is 80.3 Å². The Balaban J connectivity index is 1.95. The van der Waals surface area contributed by atoms with Crippen LogP contribution in [0.25, 0.3) is 11.2 Å². The van der Waals surface area contributed by atoms with Crippen LogP contribution in [0.3, 0.4) is 0 Å². The average molecular weight is 425 g/mol. The zero-order valence-corrected chi connectivity index (χ0v) is 15.5. The van der Waals surface area contributed by atoms with E-state index in [0.29, 0.717) is 27.3 Å². The summed E-state index contributed by atoms with van der Waals surface area (Å²) in [4.78, 5) is 28.9. The molecule has 0 radical (unpaired) electrons. The Morgan fingerprint density at radius 1 is 1.27 bits per heavy atom. The van der Waals surface area contributed by atoms with Crippen LogP contribution in [0.5, 0.6) is 5.75 Å². The molecule has 1 aliphatic rings. The van der Waals surface area contributed by atoms with E-state index in [-0.39, 0.29) is 25.5 Å². The molecule has 0 atom stereocenters. The van der Waals surface area contributed by atoms with Gasteiger partial charge in [0.1, 0.15) is 11.6 Å². The maximum atomic E-state index is 14.0. The molecule has 1 aliphatic heterocycles. The molecule has 8 nitrogen and oxygen atoms in total. The molecular formula is C16H14BrFN4O4. The number of fused-ring (bicyclic) bond motifs is 2. The quantitative estimate of drug-likeness (QED) is 0.578. The molecule has 10 heteroatoms. The summed E-state index contributed by atoms with van der Waals surface area (Å²) in [5.74, 6) is 0.124. The lowest BCUT2D eigenvalue weighted by molar-refractivity contribution is -0.0173. The van der Waals surface area contributed by atoms with Gasteiger partial charge < -0.3 is 9.47 Å². The van der Waals surface area contributed by atoms with Gasteiger partial charge in [0.2, 0.25) is 0 Å². The fourth-order valence-corrected chi connectivity index (χ4v) is 3.62. The number of hydrogen-bond acceptors (Lipinski definition) is 5. The van der Waals surface area contributed by atoms with E-state index in [4.69, 9.17) is 9.47 Å². The third-order valence-electron chi connectivity index (χ3n) is 4.37. The molecule has 3 aromatic rings. The third-order valence-corrected chi connectivity index (χ3v) is 4.98. The van der Waals surface area contributed by atoms with Crippen LogP contribution >= 0.6 is 15.9 Å². The van der Waals surface area contributed by atoms with Gasteiger partial charge in [-0.05, 0) is 28.1 Å². The van der Waals surface area contributed by atoms with Crippen molar-refractivity contribution in [1.29, 1.82) is 0 Å². The standard InChI is InChI=1S/C16H14BrFN4O4/c1-20-13-11(14(23)21(2)16(20)24)19-15(17)22(13)5-8-3-10(18)4-9-6-25-7-26-12(8)9/h3-4H,5-7H2,1-2H3. The van der Waals surface area contributed by atoms with Crippen LogP contribution in [0.2, 0.25) is 0 Å². The van der Waals surface area contributed by atoms with E-state index in [1.165, 1.54) is 23.7 Å². The van der Waals surface area contributed by atoms with Gasteiger partial charge >= 0.3 is 5.69 Å². The summed E-state index contributed by atoms with van der Waals surface area (Å²) in [5, 5.41) is 0. The monoisotopic (exact) mass is 424 g/mol. The number of nitrogens with zero attached hydrogens (tertiary/aromatic N) is 4. The first-order valence-electron chi connectivity index (χ1n) is 7.72. The molecule has 0 bridgehead atoms. The van der Waals surface area contributed by atoms with Gasteiger partial charge in [-0.2, -0.15) is 0 Å². The Kier molecular flexibility index (Phi) is 3.96. The number of aryl methyl sites for hydroxylation is 1. The highest BCUT2D eigenvalue weighted by Crippen LogP contribution is 2.31. The summed E-state index contributed by atoms with van der Waals surface area (Å²) in [5.41, 5.74) is 0.703. The first-order valence-corrected chi connectivity index (χ1v) is 8.51. The molecule has 136 valence electrons. The van der Waals surface area contributed by atoms with E-state index in [9.17, 15) is 14.0 Å². The van der Waals surface area contributed by atoms with E-state index in [1.807, 2.05) is 0 Å². The normalized spacial score (nSPS) is 13.7. The average Bonchev–Trinajstić information content (AvgIpc) is 2.94. The summed E-state index contributed by atoms with van der Waals surface area (Å²) in [6.45, 7) is 0.499. The number of rotatable bonds is 2. The van der Waals surface area contributed by atoms with Crippen LogP contribution in [0.4, 0.5) is 4.39 Å². The van der Waals surface area contributed by atoms with E-state index < -0.39 is 17.1 Å². The molecule has 0 saturated heterocycles. The Labute approximate surface area is 154 Å². The highest BCUT2D eigenvalue weighted by Gasteiger charge is 2.22. The van der Waals surface area contributed by atoms with Gasteiger partial charge in [0.15, 0.2) is 22.7 Å². The van der Waals surface area contributed by atoms with E-state index in [1.54, 1.807) is 11.6 Å². The van der Waals surface area contributed by atoms with Gasteiger partial charge in [-0.15, -0.1) is 0 Å². The van der Waals surface area contributed by atoms with Gasteiger partial charge in [0.25, 0.3) is 5.56 Å². The van der Waals surface area contributed by atoms with Crippen molar-refractivity contribution in [2.45, 2.75) is 13.2 Å². The Morgan fingerprint density at radius 3 is 2.81 bits per heavy atom. The van der Waals surface area contributed by atoms with Crippen molar-refractivity contribution in [3.05, 3.63) is 54.6 Å². The van der Waals surface area contributed by atoms with Crippen molar-refractivity contribution in [2.24, 2.45) is 14.1 Å². The van der Waals surface area contributed by atoms with Crippen molar-refractivity contribution in [3.63, 3.8) is 0 Å². The molecule has 0 N–H and O–H groups in total. The van der Waals surface area contributed by atoms with E-state index >= 15 is 0 Å². The van der Waals surface area contributed by atoms with E-state index in [0.717, 1.165) is 4.57 Å². The van der Waals surface area contributed by atoms with Crippen molar-refractivity contribution >= 4 is 27.1 Å². The van der Waals surface area contributed by atoms with Gasteiger partial charge in [0.05, 0.1) is 13.2 Å². The van der Waals surface area contributed by atoms with Crippen LogP contribution in [0, 0.1) is 5.82 Å². The maximum absolute atomic E-state index is 14.0. The predicted molar refractivity (Wildman–Crippen MR) is 93.7 cm³/mol. The lowest BCUT2D eigenvalue weighted by Crippen LogP contribution is -2.37. The number of imidazole rings is 1. The molecule has 0 aliphatic carbocycles. The lowest BCUT2D eigenvalue weighted by Gasteiger charge is -2.21. The zero-order chi connectivity index (χ0) is 18.6. The van der Waals surface area contributed by atoms with Gasteiger partial charge in [0, 0.05) is 25.2 Å². The molecule has 3 heterocycles. The Morgan fingerprint density at radius 2 is 2.04 bits per heavy atom. The number of ether oxygens (including phenoxy) is 2. The predicted octanol–water partition coefficient (Wildman–Crippen LogP) is 1.25. The van der Waals surface area contributed by atoms with Crippen molar-refractivity contribution in [2.75, 3.05) is 6.79 Å². The zero-order valence-electron chi connectivity index (χ0n) is 14.0. The first kappa shape index (κ1) is 17.0. The van der Waals surface area contributed by atoms with Crippen molar-refractivity contribution in [1.82, 2.24) is 18.7 Å². The molecule has 0 spiro atoms. The molecule has 1 aromatic carbocycles. The fraction of sp³-hybridized carbons (Fsp3) is 0.312. The number of aromatic nitrogens is 4. The van der Waals surface area contributed by atoms with Crippen molar-refractivity contribution < 1.29 is 13.9 Å². The molecule has 26 heavy (non-hydrogen) atoms. The Hall–Kier alpha value is -2.46. The molecule has 2 aromatic heterocycles. The molecule has 0 unspecified atom stereocenters. The second-order valence-corrected chi connectivity index (χ2v) is 6.72. The van der Waals surface area contributed by atoms with Gasteiger partial charge in [-0.3, -0.25) is 18.5 Å². The summed E-state index contributed by atoms with van der Waals surface area (Å²) in [7, 11) is 2.95. The smallest absolute Gasteiger partial charge is 0.332 e. The minimum atomic E-state index is -0.492. The van der Waals surface area contributed by atoms with Crippen LogP contribution < -0.4 is 16.0 Å². The van der Waals surface area contributed by atoms with Crippen LogP contribution in [0.1, 0.15) is 11.1 Å². The number of benzene rings is 1.